The summed E-state index contributed by atoms with van der Waals surface area (Å²) in [4.78, 5) is 26.7. The highest BCUT2D eigenvalue weighted by Crippen LogP contribution is 2.27. The zero-order valence-electron chi connectivity index (χ0n) is 24.8. The topological polar surface area (TPSA) is 83.6 Å². The van der Waals surface area contributed by atoms with Gasteiger partial charge in [-0.3, -0.25) is 14.5 Å². The van der Waals surface area contributed by atoms with E-state index in [0.29, 0.717) is 24.0 Å². The molecule has 5 nitrogen and oxygen atoms in total. The molecular formula is C38H36Cl2N2O3. The molecule has 230 valence electrons. The van der Waals surface area contributed by atoms with Crippen molar-refractivity contribution in [1.82, 2.24) is 4.90 Å². The van der Waals surface area contributed by atoms with Crippen LogP contribution in [0.5, 0.6) is 0 Å². The number of alkyl halides is 1. The summed E-state index contributed by atoms with van der Waals surface area (Å²) in [5, 5.41) is 8.90. The Hall–Kier alpha value is -4.26. The second-order valence-electron chi connectivity index (χ2n) is 10.8. The lowest BCUT2D eigenvalue weighted by atomic mass is 10.0. The molecule has 45 heavy (non-hydrogen) atoms. The molecule has 0 bridgehead atoms. The van der Waals surface area contributed by atoms with E-state index >= 15 is 0 Å². The van der Waals surface area contributed by atoms with Crippen molar-refractivity contribution in [2.75, 3.05) is 12.5 Å². The zero-order valence-corrected chi connectivity index (χ0v) is 26.3. The van der Waals surface area contributed by atoms with Crippen molar-refractivity contribution in [1.29, 1.82) is 0 Å². The fourth-order valence-electron chi connectivity index (χ4n) is 5.32. The third-order valence-electron chi connectivity index (χ3n) is 7.69. The van der Waals surface area contributed by atoms with E-state index in [0.717, 1.165) is 22.3 Å². The summed E-state index contributed by atoms with van der Waals surface area (Å²) in [5.74, 6) is -0.323. The van der Waals surface area contributed by atoms with E-state index in [9.17, 15) is 9.59 Å². The van der Waals surface area contributed by atoms with Gasteiger partial charge in [-0.2, -0.15) is 0 Å². The Morgan fingerprint density at radius 2 is 0.956 bits per heavy atom. The van der Waals surface area contributed by atoms with E-state index in [1.54, 1.807) is 24.3 Å². The maximum absolute atomic E-state index is 12.7. The molecule has 5 aromatic rings. The fraction of sp³-hybridized carbons (Fsp3) is 0.158. The number of nitrogens with zero attached hydrogens (tertiary/aromatic N) is 1. The van der Waals surface area contributed by atoms with Crippen LogP contribution < -0.4 is 5.73 Å². The van der Waals surface area contributed by atoms with E-state index in [-0.39, 0.29) is 48.8 Å². The molecule has 0 radical (unpaired) electrons. The summed E-state index contributed by atoms with van der Waals surface area (Å²) in [6, 6.07) is 43.3. The highest BCUT2D eigenvalue weighted by molar-refractivity contribution is 6.23. The lowest BCUT2D eigenvalue weighted by molar-refractivity contribution is 0.0599. The van der Waals surface area contributed by atoms with Gasteiger partial charge in [0.1, 0.15) is 0 Å². The van der Waals surface area contributed by atoms with Crippen molar-refractivity contribution in [3.8, 4) is 22.3 Å². The van der Waals surface area contributed by atoms with Gasteiger partial charge < -0.3 is 10.8 Å². The molecular weight excluding hydrogens is 603 g/mol. The lowest BCUT2D eigenvalue weighted by Gasteiger charge is -2.24. The number of carbonyl (C=O) groups is 2. The molecule has 1 heterocycles. The highest BCUT2D eigenvalue weighted by Gasteiger charge is 2.39. The predicted molar refractivity (Wildman–Crippen MR) is 185 cm³/mol. The Morgan fingerprint density at radius 3 is 1.36 bits per heavy atom. The van der Waals surface area contributed by atoms with Crippen molar-refractivity contribution in [3.63, 3.8) is 0 Å². The van der Waals surface area contributed by atoms with Crippen molar-refractivity contribution in [3.05, 3.63) is 156 Å². The molecule has 1 aliphatic rings. The molecule has 0 spiro atoms. The third kappa shape index (κ3) is 8.27. The predicted octanol–water partition coefficient (Wildman–Crippen LogP) is 7.44. The minimum atomic E-state index is -0.373. The highest BCUT2D eigenvalue weighted by atomic mass is 35.5. The Kier molecular flexibility index (Phi) is 12.1. The van der Waals surface area contributed by atoms with Gasteiger partial charge in [0, 0.05) is 11.9 Å². The van der Waals surface area contributed by atoms with Gasteiger partial charge in [0.25, 0.3) is 11.8 Å². The Labute approximate surface area is 275 Å². The van der Waals surface area contributed by atoms with Gasteiger partial charge in [-0.1, -0.05) is 121 Å². The Balaban J connectivity index is 0.000000222. The molecule has 7 heteroatoms. The van der Waals surface area contributed by atoms with Crippen LogP contribution in [0.3, 0.4) is 0 Å². The first kappa shape index (κ1) is 33.6. The normalized spacial score (nSPS) is 13.3. The maximum atomic E-state index is 12.7. The fourth-order valence-corrected chi connectivity index (χ4v) is 5.57. The van der Waals surface area contributed by atoms with Gasteiger partial charge in [-0.25, -0.2) is 0 Å². The van der Waals surface area contributed by atoms with E-state index in [1.807, 2.05) is 48.5 Å². The average molecular weight is 640 g/mol. The molecule has 2 atom stereocenters. The summed E-state index contributed by atoms with van der Waals surface area (Å²) in [6.45, 7) is 0.0282. The van der Waals surface area contributed by atoms with Crippen molar-refractivity contribution in [2.45, 2.75) is 24.9 Å². The summed E-state index contributed by atoms with van der Waals surface area (Å²) in [7, 11) is 0. The quantitative estimate of drug-likeness (QED) is 0.130. The molecule has 0 saturated heterocycles. The van der Waals surface area contributed by atoms with Gasteiger partial charge in [0.15, 0.2) is 0 Å². The number of benzene rings is 5. The Bertz CT molecular complexity index is 1640. The summed E-state index contributed by atoms with van der Waals surface area (Å²) < 4.78 is 0. The molecule has 0 saturated carbocycles. The van der Waals surface area contributed by atoms with Gasteiger partial charge in [0.2, 0.25) is 0 Å². The molecule has 2 amide bonds. The average Bonchev–Trinajstić information content (AvgIpc) is 3.34. The van der Waals surface area contributed by atoms with E-state index in [1.165, 1.54) is 16.0 Å². The SMILES string of the molecule is Cl.N[C@@H](CO)Cc1ccc(-c2ccccc2)cc1.O=C1c2ccccc2C(=O)N1[C@@H](CCl)Cc1ccc(-c2ccccc2)cc1. The summed E-state index contributed by atoms with van der Waals surface area (Å²) >= 11 is 6.15. The second-order valence-corrected chi connectivity index (χ2v) is 11.1. The number of hydrogen-bond donors (Lipinski definition) is 2. The lowest BCUT2D eigenvalue weighted by Crippen LogP contribution is -2.42. The third-order valence-corrected chi connectivity index (χ3v) is 8.05. The van der Waals surface area contributed by atoms with Gasteiger partial charge in [-0.15, -0.1) is 24.0 Å². The molecule has 6 rings (SSSR count). The molecule has 5 aromatic carbocycles. The molecule has 0 fully saturated rings. The smallest absolute Gasteiger partial charge is 0.261 e. The van der Waals surface area contributed by atoms with Crippen molar-refractivity contribution in [2.24, 2.45) is 5.73 Å². The number of fused-ring (bicyclic) bond motifs is 1. The number of imide groups is 1. The first-order chi connectivity index (χ1) is 21.5. The van der Waals surface area contributed by atoms with Crippen LogP contribution in [-0.4, -0.2) is 46.4 Å². The van der Waals surface area contributed by atoms with Crippen LogP contribution in [0, 0.1) is 0 Å². The van der Waals surface area contributed by atoms with E-state index in [4.69, 9.17) is 22.4 Å². The van der Waals surface area contributed by atoms with E-state index < -0.39 is 0 Å². The van der Waals surface area contributed by atoms with Crippen LogP contribution in [-0.2, 0) is 12.8 Å². The van der Waals surface area contributed by atoms with Crippen LogP contribution in [0.1, 0.15) is 31.8 Å². The van der Waals surface area contributed by atoms with Crippen molar-refractivity contribution >= 4 is 35.8 Å². The van der Waals surface area contributed by atoms with Crippen LogP contribution in [0.4, 0.5) is 0 Å². The minimum Gasteiger partial charge on any atom is -0.395 e. The number of aliphatic hydroxyl groups is 1. The van der Waals surface area contributed by atoms with Crippen LogP contribution in [0.2, 0.25) is 0 Å². The number of carbonyl (C=O) groups excluding carboxylic acids is 2. The standard InChI is InChI=1S/C23H18ClNO2.C15H17NO.ClH/c24-15-19(25-22(26)20-8-4-5-9-21(20)23(25)27)14-16-10-12-18(13-11-16)17-6-2-1-3-7-17;16-15(11-17)10-12-6-8-14(9-7-12)13-4-2-1-3-5-13;/h1-13,19H,14-15H2;1-9,15,17H,10-11,16H2;1H/t19-;15-;/m11./s1. The van der Waals surface area contributed by atoms with Crippen LogP contribution >= 0.6 is 24.0 Å². The summed E-state index contributed by atoms with van der Waals surface area (Å²) in [6.07, 6.45) is 1.25. The van der Waals surface area contributed by atoms with Crippen LogP contribution in [0.15, 0.2) is 133 Å². The number of rotatable bonds is 9. The van der Waals surface area contributed by atoms with Gasteiger partial charge >= 0.3 is 0 Å². The largest absolute Gasteiger partial charge is 0.395 e. The molecule has 3 N–H and O–H groups in total. The first-order valence-electron chi connectivity index (χ1n) is 14.7. The van der Waals surface area contributed by atoms with Gasteiger partial charge in [-0.05, 0) is 58.4 Å². The number of nitrogens with two attached hydrogens (primary N) is 1. The monoisotopic (exact) mass is 638 g/mol. The summed E-state index contributed by atoms with van der Waals surface area (Å²) in [5.41, 5.74) is 13.5. The molecule has 0 unspecified atom stereocenters. The molecule has 0 aliphatic carbocycles. The maximum Gasteiger partial charge on any atom is 0.261 e. The van der Waals surface area contributed by atoms with Crippen molar-refractivity contribution < 1.29 is 14.7 Å². The second kappa shape index (κ2) is 16.2. The number of hydrogen-bond acceptors (Lipinski definition) is 4. The number of halogens is 2. The minimum absolute atomic E-state index is 0. The Morgan fingerprint density at radius 1 is 0.578 bits per heavy atom. The van der Waals surface area contributed by atoms with Crippen LogP contribution in [0.25, 0.3) is 22.3 Å². The van der Waals surface area contributed by atoms with E-state index in [2.05, 4.69) is 60.7 Å². The molecule has 1 aliphatic heterocycles. The number of amides is 2. The zero-order chi connectivity index (χ0) is 30.9. The first-order valence-corrected chi connectivity index (χ1v) is 15.2. The number of aliphatic hydroxyl groups excluding tert-OH is 1. The van der Waals surface area contributed by atoms with Gasteiger partial charge in [0.05, 0.1) is 23.8 Å². The molecule has 0 aromatic heterocycles.